The lowest BCUT2D eigenvalue weighted by atomic mass is 10.1. The molecule has 0 spiro atoms. The minimum atomic E-state index is -0.274. The molecular formula is C17H18N4O2S. The van der Waals surface area contributed by atoms with Crippen LogP contribution in [0.1, 0.15) is 25.0 Å². The first kappa shape index (κ1) is 16.4. The van der Waals surface area contributed by atoms with Gasteiger partial charge < -0.3 is 4.98 Å². The number of hydrogen-bond acceptors (Lipinski definition) is 5. The van der Waals surface area contributed by atoms with E-state index in [1.165, 1.54) is 30.4 Å². The molecule has 6 nitrogen and oxygen atoms in total. The number of Topliss-reactive ketones (excluding diaryl/α,β-unsaturated/α-hetero) is 1. The Bertz CT molecular complexity index is 990. The number of fused-ring (bicyclic) bond motifs is 1. The first-order chi connectivity index (χ1) is 11.4. The van der Waals surface area contributed by atoms with Crippen LogP contribution in [0.3, 0.4) is 0 Å². The van der Waals surface area contributed by atoms with Gasteiger partial charge in [0.05, 0.1) is 17.1 Å². The summed E-state index contributed by atoms with van der Waals surface area (Å²) in [5, 5.41) is 4.88. The van der Waals surface area contributed by atoms with Crippen LogP contribution in [-0.4, -0.2) is 30.8 Å². The van der Waals surface area contributed by atoms with Gasteiger partial charge in [0.1, 0.15) is 11.2 Å². The average molecular weight is 342 g/mol. The Morgan fingerprint density at radius 2 is 2.04 bits per heavy atom. The number of nitrogens with one attached hydrogen (secondary N) is 1. The number of aromatic nitrogens is 4. The lowest BCUT2D eigenvalue weighted by Crippen LogP contribution is -2.14. The number of aryl methyl sites for hydroxylation is 2. The molecule has 0 amide bonds. The third kappa shape index (κ3) is 2.99. The van der Waals surface area contributed by atoms with Gasteiger partial charge in [-0.1, -0.05) is 17.8 Å². The molecule has 1 N–H and O–H groups in total. The van der Waals surface area contributed by atoms with E-state index in [1.807, 2.05) is 32.0 Å². The fourth-order valence-corrected chi connectivity index (χ4v) is 3.04. The first-order valence-electron chi connectivity index (χ1n) is 7.59. The molecule has 0 aliphatic carbocycles. The third-order valence-corrected chi connectivity index (χ3v) is 5.11. The number of H-pyrrole nitrogens is 1. The molecule has 3 rings (SSSR count). The van der Waals surface area contributed by atoms with Gasteiger partial charge in [0.2, 0.25) is 0 Å². The second-order valence-electron chi connectivity index (χ2n) is 5.80. The van der Waals surface area contributed by atoms with Crippen molar-refractivity contribution in [1.29, 1.82) is 0 Å². The Morgan fingerprint density at radius 1 is 1.29 bits per heavy atom. The van der Waals surface area contributed by atoms with Crippen LogP contribution in [0, 0.1) is 13.8 Å². The van der Waals surface area contributed by atoms with Crippen LogP contribution in [0.5, 0.6) is 0 Å². The van der Waals surface area contributed by atoms with Gasteiger partial charge in [-0.2, -0.15) is 5.10 Å². The lowest BCUT2D eigenvalue weighted by Gasteiger charge is -2.08. The molecule has 0 bridgehead atoms. The topological polar surface area (TPSA) is 80.6 Å². The van der Waals surface area contributed by atoms with Crippen molar-refractivity contribution in [1.82, 2.24) is 19.7 Å². The summed E-state index contributed by atoms with van der Waals surface area (Å²) in [6.45, 7) is 7.38. The van der Waals surface area contributed by atoms with Crippen LogP contribution in [0.2, 0.25) is 0 Å². The summed E-state index contributed by atoms with van der Waals surface area (Å²) in [7, 11) is 0. The zero-order chi connectivity index (χ0) is 17.4. The summed E-state index contributed by atoms with van der Waals surface area (Å²) >= 11 is 1.24. The number of rotatable bonds is 4. The van der Waals surface area contributed by atoms with Crippen molar-refractivity contribution in [2.45, 2.75) is 38.1 Å². The van der Waals surface area contributed by atoms with Gasteiger partial charge in [0, 0.05) is 0 Å². The standard InChI is InChI=1S/C17H18N4O2S/c1-9-5-6-13(7-10(9)2)21-15-14(8-18-21)16(23)20-17(19-15)24-12(4)11(3)22/h5-8,12H,1-4H3,(H,19,20,23)/t12-/m1/s1. The minimum Gasteiger partial charge on any atom is -0.301 e. The van der Waals surface area contributed by atoms with Gasteiger partial charge in [-0.15, -0.1) is 0 Å². The summed E-state index contributed by atoms with van der Waals surface area (Å²) in [5.41, 5.74) is 3.41. The van der Waals surface area contributed by atoms with E-state index >= 15 is 0 Å². The quantitative estimate of drug-likeness (QED) is 0.582. The highest BCUT2D eigenvalue weighted by Crippen LogP contribution is 2.22. The Balaban J connectivity index is 2.13. The highest BCUT2D eigenvalue weighted by molar-refractivity contribution is 8.00. The molecule has 0 saturated carbocycles. The molecule has 1 atom stereocenters. The Kier molecular flexibility index (Phi) is 4.28. The molecule has 0 saturated heterocycles. The molecule has 0 aliphatic rings. The van der Waals surface area contributed by atoms with Crippen molar-refractivity contribution >= 4 is 28.6 Å². The molecule has 2 aromatic heterocycles. The smallest absolute Gasteiger partial charge is 0.262 e. The van der Waals surface area contributed by atoms with Crippen molar-refractivity contribution in [3.05, 3.63) is 45.9 Å². The van der Waals surface area contributed by atoms with Crippen molar-refractivity contribution in [2.75, 3.05) is 0 Å². The maximum absolute atomic E-state index is 12.3. The summed E-state index contributed by atoms with van der Waals surface area (Å²) in [6.07, 6.45) is 1.51. The minimum absolute atomic E-state index is 0.0328. The number of hydrogen-bond donors (Lipinski definition) is 1. The summed E-state index contributed by atoms with van der Waals surface area (Å²) in [5.74, 6) is 0.0328. The van der Waals surface area contributed by atoms with Crippen LogP contribution in [0.4, 0.5) is 0 Å². The molecule has 7 heteroatoms. The molecule has 2 heterocycles. The number of ketones is 1. The van der Waals surface area contributed by atoms with Gasteiger partial charge in [-0.25, -0.2) is 9.67 Å². The van der Waals surface area contributed by atoms with E-state index in [2.05, 4.69) is 15.1 Å². The molecule has 3 aromatic rings. The van der Waals surface area contributed by atoms with Gasteiger partial charge in [-0.3, -0.25) is 9.59 Å². The zero-order valence-electron chi connectivity index (χ0n) is 14.0. The van der Waals surface area contributed by atoms with Crippen LogP contribution in [0.15, 0.2) is 34.3 Å². The maximum Gasteiger partial charge on any atom is 0.262 e. The Labute approximate surface area is 143 Å². The molecular weight excluding hydrogens is 324 g/mol. The second-order valence-corrected chi connectivity index (χ2v) is 7.13. The number of carbonyl (C=O) groups excluding carboxylic acids is 1. The number of nitrogens with zero attached hydrogens (tertiary/aromatic N) is 3. The van der Waals surface area contributed by atoms with E-state index < -0.39 is 0 Å². The summed E-state index contributed by atoms with van der Waals surface area (Å²) in [6, 6.07) is 5.97. The third-order valence-electron chi connectivity index (χ3n) is 4.01. The van der Waals surface area contributed by atoms with Gasteiger partial charge in [0.15, 0.2) is 10.8 Å². The normalized spacial score (nSPS) is 12.5. The predicted octanol–water partition coefficient (Wildman–Crippen LogP) is 2.80. The Hall–Kier alpha value is -2.41. The second kappa shape index (κ2) is 6.24. The largest absolute Gasteiger partial charge is 0.301 e. The van der Waals surface area contributed by atoms with E-state index in [1.54, 1.807) is 11.6 Å². The summed E-state index contributed by atoms with van der Waals surface area (Å²) < 4.78 is 1.65. The number of carbonyl (C=O) groups is 1. The summed E-state index contributed by atoms with van der Waals surface area (Å²) in [4.78, 5) is 30.9. The van der Waals surface area contributed by atoms with E-state index in [-0.39, 0.29) is 16.6 Å². The highest BCUT2D eigenvalue weighted by Gasteiger charge is 2.15. The van der Waals surface area contributed by atoms with Crippen LogP contribution in [0.25, 0.3) is 16.7 Å². The zero-order valence-corrected chi connectivity index (χ0v) is 14.8. The van der Waals surface area contributed by atoms with Crippen molar-refractivity contribution in [2.24, 2.45) is 0 Å². The van der Waals surface area contributed by atoms with Crippen molar-refractivity contribution < 1.29 is 4.79 Å². The monoisotopic (exact) mass is 342 g/mol. The van der Waals surface area contributed by atoms with E-state index in [0.29, 0.717) is 16.2 Å². The Morgan fingerprint density at radius 3 is 2.71 bits per heavy atom. The lowest BCUT2D eigenvalue weighted by molar-refractivity contribution is -0.116. The van der Waals surface area contributed by atoms with Crippen LogP contribution < -0.4 is 5.56 Å². The number of benzene rings is 1. The van der Waals surface area contributed by atoms with E-state index in [4.69, 9.17) is 0 Å². The van der Waals surface area contributed by atoms with Crippen molar-refractivity contribution in [3.8, 4) is 5.69 Å². The molecule has 0 aliphatic heterocycles. The first-order valence-corrected chi connectivity index (χ1v) is 8.47. The SMILES string of the molecule is CC(=O)[C@@H](C)Sc1nc2c(cnn2-c2ccc(C)c(C)c2)c(=O)[nH]1. The fourth-order valence-electron chi connectivity index (χ4n) is 2.25. The number of aromatic amines is 1. The fraction of sp³-hybridized carbons (Fsp3) is 0.294. The molecule has 0 fully saturated rings. The van der Waals surface area contributed by atoms with E-state index in [9.17, 15) is 9.59 Å². The van der Waals surface area contributed by atoms with E-state index in [0.717, 1.165) is 11.3 Å². The van der Waals surface area contributed by atoms with Crippen LogP contribution >= 0.6 is 11.8 Å². The van der Waals surface area contributed by atoms with Crippen molar-refractivity contribution in [3.63, 3.8) is 0 Å². The predicted molar refractivity (Wildman–Crippen MR) is 95.0 cm³/mol. The molecule has 0 radical (unpaired) electrons. The molecule has 24 heavy (non-hydrogen) atoms. The average Bonchev–Trinajstić information content (AvgIpc) is 2.94. The number of thioether (sulfide) groups is 1. The van der Waals surface area contributed by atoms with Gasteiger partial charge in [-0.05, 0) is 51.0 Å². The highest BCUT2D eigenvalue weighted by atomic mass is 32.2. The molecule has 0 unspecified atom stereocenters. The van der Waals surface area contributed by atoms with Gasteiger partial charge >= 0.3 is 0 Å². The van der Waals surface area contributed by atoms with Gasteiger partial charge in [0.25, 0.3) is 5.56 Å². The molecule has 124 valence electrons. The molecule has 1 aromatic carbocycles. The van der Waals surface area contributed by atoms with Crippen LogP contribution in [-0.2, 0) is 4.79 Å². The maximum atomic E-state index is 12.3.